The Kier molecular flexibility index (Phi) is 2.58. The maximum Gasteiger partial charge on any atom is 0.00838 e. The minimum Gasteiger partial charge on any atom is -0.402 e. The van der Waals surface area contributed by atoms with Crippen LogP contribution in [0.2, 0.25) is 0 Å². The van der Waals surface area contributed by atoms with Crippen molar-refractivity contribution in [2.75, 3.05) is 0 Å². The number of hydrogen-bond donors (Lipinski definition) is 1. The molecule has 0 spiro atoms. The summed E-state index contributed by atoms with van der Waals surface area (Å²) in [6, 6.07) is 0. The van der Waals surface area contributed by atoms with Crippen molar-refractivity contribution in [1.82, 2.24) is 0 Å². The highest BCUT2D eigenvalue weighted by Crippen LogP contribution is 2.29. The quantitative estimate of drug-likeness (QED) is 0.670. The van der Waals surface area contributed by atoms with E-state index in [1.54, 1.807) is 0 Å². The summed E-state index contributed by atoms with van der Waals surface area (Å²) in [5.41, 5.74) is 11.2. The molecule has 0 aromatic carbocycles. The molecular formula is C13H17N. The first-order valence-corrected chi connectivity index (χ1v) is 5.27. The van der Waals surface area contributed by atoms with Gasteiger partial charge in [-0.05, 0) is 49.8 Å². The van der Waals surface area contributed by atoms with Gasteiger partial charge in [-0.2, -0.15) is 0 Å². The lowest BCUT2D eigenvalue weighted by Gasteiger charge is -2.18. The molecule has 2 N–H and O–H groups in total. The monoisotopic (exact) mass is 187 g/mol. The van der Waals surface area contributed by atoms with Crippen LogP contribution in [-0.4, -0.2) is 0 Å². The van der Waals surface area contributed by atoms with E-state index in [0.29, 0.717) is 0 Å². The van der Waals surface area contributed by atoms with Crippen molar-refractivity contribution >= 4 is 0 Å². The van der Waals surface area contributed by atoms with Gasteiger partial charge in [0.2, 0.25) is 0 Å². The van der Waals surface area contributed by atoms with Crippen molar-refractivity contribution < 1.29 is 0 Å². The van der Waals surface area contributed by atoms with E-state index in [9.17, 15) is 0 Å². The first-order valence-electron chi connectivity index (χ1n) is 5.27. The smallest absolute Gasteiger partial charge is 0.00838 e. The van der Waals surface area contributed by atoms with E-state index < -0.39 is 0 Å². The Morgan fingerprint density at radius 1 is 0.857 bits per heavy atom. The van der Waals surface area contributed by atoms with Gasteiger partial charge in [0, 0.05) is 5.70 Å². The molecule has 0 aromatic rings. The number of rotatable bonds is 1. The minimum absolute atomic E-state index is 1.01. The molecule has 0 aromatic heterocycles. The summed E-state index contributed by atoms with van der Waals surface area (Å²) in [5, 5.41) is 0. The topological polar surface area (TPSA) is 26.0 Å². The van der Waals surface area contributed by atoms with Crippen LogP contribution in [-0.2, 0) is 0 Å². The van der Waals surface area contributed by atoms with E-state index in [4.69, 9.17) is 5.73 Å². The zero-order chi connectivity index (χ0) is 9.97. The summed E-state index contributed by atoms with van der Waals surface area (Å²) in [5.74, 6) is 0. The van der Waals surface area contributed by atoms with Gasteiger partial charge in [0.25, 0.3) is 0 Å². The SMILES string of the molecule is CC1=CC=C(C2=CC=C(N)CC2)CC1. The Bertz CT molecular complexity index is 317. The molecule has 0 atom stereocenters. The average molecular weight is 187 g/mol. The van der Waals surface area contributed by atoms with Crippen molar-refractivity contribution in [3.63, 3.8) is 0 Å². The number of hydrogen-bond acceptors (Lipinski definition) is 1. The van der Waals surface area contributed by atoms with E-state index in [-0.39, 0.29) is 0 Å². The molecule has 74 valence electrons. The fraction of sp³-hybridized carbons (Fsp3) is 0.385. The van der Waals surface area contributed by atoms with Crippen LogP contribution in [0, 0.1) is 0 Å². The lowest BCUT2D eigenvalue weighted by atomic mass is 9.89. The molecule has 0 bridgehead atoms. The molecule has 14 heavy (non-hydrogen) atoms. The molecular weight excluding hydrogens is 170 g/mol. The first-order chi connectivity index (χ1) is 6.75. The second-order valence-corrected chi connectivity index (χ2v) is 4.14. The summed E-state index contributed by atoms with van der Waals surface area (Å²) in [7, 11) is 0. The zero-order valence-corrected chi connectivity index (χ0v) is 8.72. The normalized spacial score (nSPS) is 22.1. The maximum atomic E-state index is 5.73. The van der Waals surface area contributed by atoms with Crippen molar-refractivity contribution in [3.8, 4) is 0 Å². The van der Waals surface area contributed by atoms with E-state index >= 15 is 0 Å². The van der Waals surface area contributed by atoms with Crippen LogP contribution in [0.4, 0.5) is 0 Å². The molecule has 1 heteroatoms. The summed E-state index contributed by atoms with van der Waals surface area (Å²) in [4.78, 5) is 0. The highest BCUT2D eigenvalue weighted by molar-refractivity contribution is 5.41. The van der Waals surface area contributed by atoms with Crippen LogP contribution in [0.3, 0.4) is 0 Å². The highest BCUT2D eigenvalue weighted by atomic mass is 14.6. The average Bonchev–Trinajstić information content (AvgIpc) is 2.21. The van der Waals surface area contributed by atoms with Crippen molar-refractivity contribution in [1.29, 1.82) is 0 Å². The predicted molar refractivity (Wildman–Crippen MR) is 60.7 cm³/mol. The molecule has 2 aliphatic carbocycles. The third-order valence-electron chi connectivity index (χ3n) is 2.95. The molecule has 0 aliphatic heterocycles. The standard InChI is InChI=1S/C13H17N/c1-10-2-4-11(5-3-10)12-6-8-13(14)9-7-12/h2,4,6,8H,3,5,7,9,14H2,1H3. The molecule has 0 fully saturated rings. The van der Waals surface area contributed by atoms with E-state index in [1.807, 2.05) is 6.08 Å². The fourth-order valence-corrected chi connectivity index (χ4v) is 1.93. The van der Waals surface area contributed by atoms with Crippen molar-refractivity contribution in [2.45, 2.75) is 32.6 Å². The van der Waals surface area contributed by atoms with E-state index in [0.717, 1.165) is 18.5 Å². The van der Waals surface area contributed by atoms with Crippen LogP contribution in [0.15, 0.2) is 46.7 Å². The summed E-state index contributed by atoms with van der Waals surface area (Å²) < 4.78 is 0. The number of allylic oxidation sites excluding steroid dienone is 8. The molecule has 0 saturated heterocycles. The lowest BCUT2D eigenvalue weighted by Crippen LogP contribution is -2.04. The molecule has 0 unspecified atom stereocenters. The number of nitrogens with two attached hydrogens (primary N) is 1. The minimum atomic E-state index is 1.01. The maximum absolute atomic E-state index is 5.73. The third kappa shape index (κ3) is 1.98. The van der Waals surface area contributed by atoms with Crippen LogP contribution in [0.1, 0.15) is 32.6 Å². The summed E-state index contributed by atoms with van der Waals surface area (Å²) >= 11 is 0. The van der Waals surface area contributed by atoms with Gasteiger partial charge in [-0.15, -0.1) is 0 Å². The molecule has 1 nitrogen and oxygen atoms in total. The molecule has 0 amide bonds. The van der Waals surface area contributed by atoms with Crippen LogP contribution in [0.25, 0.3) is 0 Å². The van der Waals surface area contributed by atoms with Gasteiger partial charge in [-0.1, -0.05) is 23.8 Å². The van der Waals surface area contributed by atoms with Crippen LogP contribution < -0.4 is 5.73 Å². The van der Waals surface area contributed by atoms with E-state index in [2.05, 4.69) is 25.2 Å². The molecule has 0 heterocycles. The lowest BCUT2D eigenvalue weighted by molar-refractivity contribution is 0.845. The Balaban J connectivity index is 2.17. The Labute approximate surface area is 85.7 Å². The molecule has 0 saturated carbocycles. The zero-order valence-electron chi connectivity index (χ0n) is 8.72. The second-order valence-electron chi connectivity index (χ2n) is 4.14. The molecule has 0 radical (unpaired) electrons. The van der Waals surface area contributed by atoms with Gasteiger partial charge >= 0.3 is 0 Å². The predicted octanol–water partition coefficient (Wildman–Crippen LogP) is 3.22. The largest absolute Gasteiger partial charge is 0.402 e. The van der Waals surface area contributed by atoms with Gasteiger partial charge in [0.1, 0.15) is 0 Å². The third-order valence-corrected chi connectivity index (χ3v) is 2.95. The van der Waals surface area contributed by atoms with Gasteiger partial charge in [-0.3, -0.25) is 0 Å². The Morgan fingerprint density at radius 2 is 1.50 bits per heavy atom. The summed E-state index contributed by atoms with van der Waals surface area (Å²) in [6.45, 7) is 2.19. The van der Waals surface area contributed by atoms with Gasteiger partial charge in [0.05, 0.1) is 0 Å². The highest BCUT2D eigenvalue weighted by Gasteiger charge is 2.10. The van der Waals surface area contributed by atoms with Crippen LogP contribution >= 0.6 is 0 Å². The summed E-state index contributed by atoms with van der Waals surface area (Å²) in [6.07, 6.45) is 13.3. The van der Waals surface area contributed by atoms with Gasteiger partial charge in [-0.25, -0.2) is 0 Å². The van der Waals surface area contributed by atoms with Crippen molar-refractivity contribution in [2.24, 2.45) is 5.73 Å². The van der Waals surface area contributed by atoms with Gasteiger partial charge < -0.3 is 5.73 Å². The molecule has 2 rings (SSSR count). The Hall–Kier alpha value is -1.24. The fourth-order valence-electron chi connectivity index (χ4n) is 1.93. The van der Waals surface area contributed by atoms with Gasteiger partial charge in [0.15, 0.2) is 0 Å². The van der Waals surface area contributed by atoms with Crippen molar-refractivity contribution in [3.05, 3.63) is 46.7 Å². The second kappa shape index (κ2) is 3.87. The molecule has 2 aliphatic rings. The van der Waals surface area contributed by atoms with E-state index in [1.165, 1.54) is 29.6 Å². The Morgan fingerprint density at radius 3 is 2.00 bits per heavy atom. The van der Waals surface area contributed by atoms with Crippen LogP contribution in [0.5, 0.6) is 0 Å². The first kappa shape index (κ1) is 9.32.